The van der Waals surface area contributed by atoms with E-state index in [0.29, 0.717) is 0 Å². The van der Waals surface area contributed by atoms with Gasteiger partial charge in [-0.15, -0.1) is 0 Å². The molecule has 0 atom stereocenters. The van der Waals surface area contributed by atoms with E-state index < -0.39 is 0 Å². The van der Waals surface area contributed by atoms with Crippen molar-refractivity contribution in [3.63, 3.8) is 0 Å². The van der Waals surface area contributed by atoms with Crippen LogP contribution in [0.5, 0.6) is 0 Å². The number of benzene rings is 1. The summed E-state index contributed by atoms with van der Waals surface area (Å²) in [4.78, 5) is 2.30. The molecule has 0 aromatic heterocycles. The van der Waals surface area contributed by atoms with Gasteiger partial charge in [0, 0.05) is 25.2 Å². The van der Waals surface area contributed by atoms with Crippen LogP contribution in [0.3, 0.4) is 0 Å². The molecular formula is C12H16BrNO2. The van der Waals surface area contributed by atoms with Crippen LogP contribution < -0.4 is 0 Å². The monoisotopic (exact) mass is 285 g/mol. The van der Waals surface area contributed by atoms with Gasteiger partial charge >= 0.3 is 0 Å². The Kier molecular flexibility index (Phi) is 3.64. The van der Waals surface area contributed by atoms with Gasteiger partial charge in [0.1, 0.15) is 0 Å². The van der Waals surface area contributed by atoms with E-state index >= 15 is 0 Å². The average Bonchev–Trinajstić information content (AvgIpc) is 2.26. The average molecular weight is 286 g/mol. The molecule has 1 aromatic carbocycles. The molecule has 3 nitrogen and oxygen atoms in total. The lowest BCUT2D eigenvalue weighted by Crippen LogP contribution is -2.63. The fourth-order valence-corrected chi connectivity index (χ4v) is 2.20. The summed E-state index contributed by atoms with van der Waals surface area (Å²) in [5.41, 5.74) is 1.31. The maximum atomic E-state index is 5.34. The van der Waals surface area contributed by atoms with Crippen molar-refractivity contribution in [1.82, 2.24) is 4.90 Å². The first-order valence-corrected chi connectivity index (χ1v) is 6.04. The van der Waals surface area contributed by atoms with Crippen LogP contribution in [0.15, 0.2) is 28.7 Å². The first-order valence-electron chi connectivity index (χ1n) is 5.24. The van der Waals surface area contributed by atoms with Crippen LogP contribution in [0.25, 0.3) is 0 Å². The molecule has 4 heteroatoms. The Morgan fingerprint density at radius 3 is 2.25 bits per heavy atom. The van der Waals surface area contributed by atoms with Crippen LogP contribution in [0.2, 0.25) is 0 Å². The maximum Gasteiger partial charge on any atom is 0.193 e. The lowest BCUT2D eigenvalue weighted by molar-refractivity contribution is -0.277. The van der Waals surface area contributed by atoms with Crippen molar-refractivity contribution in [2.24, 2.45) is 0 Å². The van der Waals surface area contributed by atoms with Gasteiger partial charge < -0.3 is 9.47 Å². The minimum absolute atomic E-state index is 0.380. The molecule has 1 aliphatic heterocycles. The third-order valence-electron chi connectivity index (χ3n) is 2.99. The Morgan fingerprint density at radius 1 is 1.19 bits per heavy atom. The number of halogens is 1. The topological polar surface area (TPSA) is 21.7 Å². The van der Waals surface area contributed by atoms with Crippen LogP contribution in [0.1, 0.15) is 5.56 Å². The summed E-state index contributed by atoms with van der Waals surface area (Å²) in [7, 11) is 3.39. The second kappa shape index (κ2) is 4.84. The zero-order valence-electron chi connectivity index (χ0n) is 9.57. The van der Waals surface area contributed by atoms with Gasteiger partial charge in [0.15, 0.2) is 5.79 Å². The van der Waals surface area contributed by atoms with E-state index in [1.54, 1.807) is 14.2 Å². The molecule has 1 aromatic rings. The predicted molar refractivity (Wildman–Crippen MR) is 66.2 cm³/mol. The minimum Gasteiger partial charge on any atom is -0.351 e. The van der Waals surface area contributed by atoms with Crippen molar-refractivity contribution < 1.29 is 9.47 Å². The van der Waals surface area contributed by atoms with Crippen molar-refractivity contribution in [3.8, 4) is 0 Å². The van der Waals surface area contributed by atoms with Crippen LogP contribution in [0.4, 0.5) is 0 Å². The van der Waals surface area contributed by atoms with Gasteiger partial charge in [-0.05, 0) is 17.7 Å². The summed E-state index contributed by atoms with van der Waals surface area (Å²) in [5, 5.41) is 0. The number of likely N-dealkylation sites (tertiary alicyclic amines) is 1. The second-order valence-corrected chi connectivity index (χ2v) is 5.01. The second-order valence-electron chi connectivity index (χ2n) is 4.09. The molecule has 1 saturated heterocycles. The first-order chi connectivity index (χ1) is 7.67. The fourth-order valence-electron chi connectivity index (χ4n) is 1.94. The molecule has 0 spiro atoms. The Labute approximate surface area is 104 Å². The van der Waals surface area contributed by atoms with Crippen molar-refractivity contribution in [2.75, 3.05) is 27.3 Å². The van der Waals surface area contributed by atoms with Gasteiger partial charge in [-0.2, -0.15) is 0 Å². The molecule has 0 amide bonds. The molecule has 1 fully saturated rings. The molecule has 0 saturated carbocycles. The van der Waals surface area contributed by atoms with E-state index in [1.165, 1.54) is 5.56 Å². The Balaban J connectivity index is 1.87. The van der Waals surface area contributed by atoms with E-state index in [2.05, 4.69) is 45.1 Å². The molecule has 1 aliphatic rings. The smallest absolute Gasteiger partial charge is 0.193 e. The zero-order chi connectivity index (χ0) is 11.6. The number of hydrogen-bond donors (Lipinski definition) is 0. The molecule has 0 aliphatic carbocycles. The van der Waals surface area contributed by atoms with Gasteiger partial charge in [-0.25, -0.2) is 0 Å². The van der Waals surface area contributed by atoms with Crippen LogP contribution >= 0.6 is 15.9 Å². The van der Waals surface area contributed by atoms with Crippen LogP contribution in [0, 0.1) is 0 Å². The van der Waals surface area contributed by atoms with Gasteiger partial charge in [-0.3, -0.25) is 4.90 Å². The SMILES string of the molecule is COC1(OC)CN(Cc2ccc(Br)cc2)C1. The van der Waals surface area contributed by atoms with Crippen molar-refractivity contribution in [2.45, 2.75) is 12.3 Å². The number of nitrogens with zero attached hydrogens (tertiary/aromatic N) is 1. The molecular weight excluding hydrogens is 270 g/mol. The number of ether oxygens (including phenoxy) is 2. The largest absolute Gasteiger partial charge is 0.351 e. The van der Waals surface area contributed by atoms with Crippen LogP contribution in [-0.2, 0) is 16.0 Å². The molecule has 0 N–H and O–H groups in total. The predicted octanol–water partition coefficient (Wildman–Crippen LogP) is 2.25. The van der Waals surface area contributed by atoms with E-state index in [0.717, 1.165) is 24.1 Å². The lowest BCUT2D eigenvalue weighted by atomic mass is 10.1. The molecule has 0 bridgehead atoms. The van der Waals surface area contributed by atoms with E-state index in [9.17, 15) is 0 Å². The molecule has 16 heavy (non-hydrogen) atoms. The molecule has 1 heterocycles. The Hall–Kier alpha value is -0.420. The third-order valence-corrected chi connectivity index (χ3v) is 3.52. The van der Waals surface area contributed by atoms with Gasteiger partial charge in [-0.1, -0.05) is 28.1 Å². The first kappa shape index (κ1) is 12.0. The van der Waals surface area contributed by atoms with Crippen molar-refractivity contribution in [3.05, 3.63) is 34.3 Å². The highest BCUT2D eigenvalue weighted by Gasteiger charge is 2.43. The molecule has 0 radical (unpaired) electrons. The highest BCUT2D eigenvalue weighted by molar-refractivity contribution is 9.10. The zero-order valence-corrected chi connectivity index (χ0v) is 11.2. The fraction of sp³-hybridized carbons (Fsp3) is 0.500. The van der Waals surface area contributed by atoms with Gasteiger partial charge in [0.2, 0.25) is 0 Å². The number of rotatable bonds is 4. The van der Waals surface area contributed by atoms with Crippen molar-refractivity contribution >= 4 is 15.9 Å². The van der Waals surface area contributed by atoms with E-state index in [-0.39, 0.29) is 5.79 Å². The molecule has 0 unspecified atom stereocenters. The quantitative estimate of drug-likeness (QED) is 0.792. The highest BCUT2D eigenvalue weighted by Crippen LogP contribution is 2.26. The summed E-state index contributed by atoms with van der Waals surface area (Å²) in [6, 6.07) is 8.39. The summed E-state index contributed by atoms with van der Waals surface area (Å²) in [6.45, 7) is 2.61. The third kappa shape index (κ3) is 2.46. The number of methoxy groups -OCH3 is 2. The summed E-state index contributed by atoms with van der Waals surface area (Å²) in [5.74, 6) is -0.380. The summed E-state index contributed by atoms with van der Waals surface area (Å²) >= 11 is 3.43. The number of hydrogen-bond acceptors (Lipinski definition) is 3. The van der Waals surface area contributed by atoms with Gasteiger partial charge in [0.25, 0.3) is 0 Å². The van der Waals surface area contributed by atoms with Crippen LogP contribution in [-0.4, -0.2) is 38.0 Å². The minimum atomic E-state index is -0.380. The van der Waals surface area contributed by atoms with Crippen molar-refractivity contribution in [1.29, 1.82) is 0 Å². The van der Waals surface area contributed by atoms with Gasteiger partial charge in [0.05, 0.1) is 13.1 Å². The molecule has 88 valence electrons. The summed E-state index contributed by atoms with van der Waals surface area (Å²) < 4.78 is 11.8. The Bertz CT molecular complexity index is 341. The standard InChI is InChI=1S/C12H16BrNO2/c1-15-12(16-2)8-14(9-12)7-10-3-5-11(13)6-4-10/h3-6H,7-9H2,1-2H3. The summed E-state index contributed by atoms with van der Waals surface area (Å²) in [6.07, 6.45) is 0. The normalized spacial score (nSPS) is 19.4. The molecule has 2 rings (SSSR count). The van der Waals surface area contributed by atoms with E-state index in [4.69, 9.17) is 9.47 Å². The lowest BCUT2D eigenvalue weighted by Gasteiger charge is -2.47. The highest BCUT2D eigenvalue weighted by atomic mass is 79.9. The Morgan fingerprint density at radius 2 is 1.75 bits per heavy atom. The maximum absolute atomic E-state index is 5.34. The van der Waals surface area contributed by atoms with E-state index in [1.807, 2.05) is 0 Å².